The number of nitrogens with one attached hydrogen (secondary N) is 1. The molecular weight excluding hydrogens is 318 g/mol. The third-order valence-electron chi connectivity index (χ3n) is 3.28. The van der Waals surface area contributed by atoms with Crippen LogP contribution in [-0.2, 0) is 4.79 Å². The Morgan fingerprint density at radius 3 is 2.33 bits per heavy atom. The molecule has 0 unspecified atom stereocenters. The zero-order chi connectivity index (χ0) is 18.3. The van der Waals surface area contributed by atoms with Gasteiger partial charge in [0.25, 0.3) is 5.69 Å². The summed E-state index contributed by atoms with van der Waals surface area (Å²) in [4.78, 5) is 33.9. The van der Waals surface area contributed by atoms with Gasteiger partial charge in [0.15, 0.2) is 0 Å². The fraction of sp³-hybridized carbons (Fsp3) is 0.429. The number of rotatable bonds is 8. The molecule has 130 valence electrons. The van der Waals surface area contributed by atoms with Crippen molar-refractivity contribution >= 4 is 28.7 Å². The Morgan fingerprint density at radius 2 is 1.83 bits per heavy atom. The summed E-state index contributed by atoms with van der Waals surface area (Å²) in [6, 6.07) is 3.20. The molecule has 0 spiro atoms. The van der Waals surface area contributed by atoms with Crippen LogP contribution < -0.4 is 5.43 Å². The van der Waals surface area contributed by atoms with Crippen LogP contribution in [-0.4, -0.2) is 39.5 Å². The molecule has 0 aliphatic carbocycles. The van der Waals surface area contributed by atoms with Gasteiger partial charge in [-0.05, 0) is 26.8 Å². The first-order valence-corrected chi connectivity index (χ1v) is 7.29. The largest absolute Gasteiger partial charge is 0.343 e. The smallest absolute Gasteiger partial charge is 0.301 e. The lowest BCUT2D eigenvalue weighted by Crippen LogP contribution is -2.31. The number of nitro benzene ring substituents is 2. The van der Waals surface area contributed by atoms with Crippen molar-refractivity contribution in [2.75, 3.05) is 18.5 Å². The van der Waals surface area contributed by atoms with Gasteiger partial charge in [0, 0.05) is 24.9 Å². The quantitative estimate of drug-likeness (QED) is 0.440. The van der Waals surface area contributed by atoms with E-state index >= 15 is 0 Å². The van der Waals surface area contributed by atoms with Crippen LogP contribution in [0.1, 0.15) is 27.2 Å². The van der Waals surface area contributed by atoms with E-state index in [1.165, 1.54) is 6.07 Å². The Hall–Kier alpha value is -3.04. The second-order valence-electron chi connectivity index (χ2n) is 4.92. The molecule has 1 aromatic rings. The maximum atomic E-state index is 12.0. The molecule has 0 radical (unpaired) electrons. The Kier molecular flexibility index (Phi) is 6.78. The first-order valence-electron chi connectivity index (χ1n) is 7.29. The maximum absolute atomic E-state index is 12.0. The summed E-state index contributed by atoms with van der Waals surface area (Å²) < 4.78 is 0. The topological polar surface area (TPSA) is 131 Å². The first-order chi connectivity index (χ1) is 11.3. The number of hydrazone groups is 1. The Balaban J connectivity index is 2.91. The molecule has 0 aliphatic heterocycles. The average Bonchev–Trinajstić information content (AvgIpc) is 2.53. The monoisotopic (exact) mass is 337 g/mol. The molecule has 1 rings (SSSR count). The molecule has 1 aromatic carbocycles. The highest BCUT2D eigenvalue weighted by molar-refractivity contribution is 6.00. The minimum atomic E-state index is -0.735. The highest BCUT2D eigenvalue weighted by Crippen LogP contribution is 2.28. The summed E-state index contributed by atoms with van der Waals surface area (Å²) in [6.07, 6.45) is 0.0788. The van der Waals surface area contributed by atoms with Crippen LogP contribution in [0.15, 0.2) is 23.3 Å². The second-order valence-corrected chi connectivity index (χ2v) is 4.92. The van der Waals surface area contributed by atoms with Gasteiger partial charge in [-0.25, -0.2) is 0 Å². The highest BCUT2D eigenvalue weighted by Gasteiger charge is 2.19. The van der Waals surface area contributed by atoms with Gasteiger partial charge in [-0.2, -0.15) is 5.10 Å². The van der Waals surface area contributed by atoms with Crippen molar-refractivity contribution in [2.45, 2.75) is 27.2 Å². The van der Waals surface area contributed by atoms with Crippen LogP contribution in [0.25, 0.3) is 0 Å². The third-order valence-corrected chi connectivity index (χ3v) is 3.28. The lowest BCUT2D eigenvalue weighted by atomic mass is 10.2. The molecule has 0 bridgehead atoms. The Bertz CT molecular complexity index is 670. The van der Waals surface area contributed by atoms with Gasteiger partial charge >= 0.3 is 5.69 Å². The molecule has 0 saturated heterocycles. The van der Waals surface area contributed by atoms with E-state index in [0.717, 1.165) is 12.1 Å². The standard InChI is InChI=1S/C14H19N5O5/c1-4-17(5-2)14(20)8-10(3)15-16-12-7-6-11(18(21)22)9-13(12)19(23)24/h6-7,9,16H,4-5,8H2,1-3H3/b15-10+. The number of anilines is 1. The van der Waals surface area contributed by atoms with Gasteiger partial charge in [-0.1, -0.05) is 0 Å². The minimum absolute atomic E-state index is 0.0141. The van der Waals surface area contributed by atoms with E-state index in [0.29, 0.717) is 18.8 Å². The van der Waals surface area contributed by atoms with Gasteiger partial charge in [-0.3, -0.25) is 30.4 Å². The molecule has 0 fully saturated rings. The van der Waals surface area contributed by atoms with Gasteiger partial charge in [0.05, 0.1) is 22.3 Å². The van der Waals surface area contributed by atoms with E-state index in [4.69, 9.17) is 0 Å². The molecule has 1 amide bonds. The van der Waals surface area contributed by atoms with E-state index in [2.05, 4.69) is 10.5 Å². The van der Waals surface area contributed by atoms with Crippen molar-refractivity contribution in [3.8, 4) is 0 Å². The van der Waals surface area contributed by atoms with E-state index in [-0.39, 0.29) is 23.7 Å². The SMILES string of the molecule is CCN(CC)C(=O)C/C(C)=N/Nc1ccc([N+](=O)[O-])cc1[N+](=O)[O-]. The van der Waals surface area contributed by atoms with Crippen LogP contribution in [0.4, 0.5) is 17.1 Å². The second kappa shape index (κ2) is 8.56. The Morgan fingerprint density at radius 1 is 1.21 bits per heavy atom. The molecule has 0 aliphatic rings. The van der Waals surface area contributed by atoms with Crippen molar-refractivity contribution in [1.29, 1.82) is 0 Å². The summed E-state index contributed by atoms with van der Waals surface area (Å²) in [5, 5.41) is 25.7. The van der Waals surface area contributed by atoms with Gasteiger partial charge < -0.3 is 4.90 Å². The molecule has 0 heterocycles. The van der Waals surface area contributed by atoms with Gasteiger partial charge in [0.1, 0.15) is 5.69 Å². The maximum Gasteiger partial charge on any atom is 0.301 e. The average molecular weight is 337 g/mol. The molecule has 0 saturated carbocycles. The van der Waals surface area contributed by atoms with Crippen molar-refractivity contribution < 1.29 is 14.6 Å². The number of benzene rings is 1. The van der Waals surface area contributed by atoms with Crippen molar-refractivity contribution in [2.24, 2.45) is 5.10 Å². The molecule has 10 heteroatoms. The van der Waals surface area contributed by atoms with Crippen LogP contribution in [0, 0.1) is 20.2 Å². The van der Waals surface area contributed by atoms with E-state index in [9.17, 15) is 25.0 Å². The summed E-state index contributed by atoms with van der Waals surface area (Å²) in [6.45, 7) is 6.53. The molecule has 0 atom stereocenters. The van der Waals surface area contributed by atoms with E-state index in [1.807, 2.05) is 13.8 Å². The number of nitrogens with zero attached hydrogens (tertiary/aromatic N) is 4. The van der Waals surface area contributed by atoms with Crippen LogP contribution >= 0.6 is 0 Å². The molecule has 1 N–H and O–H groups in total. The van der Waals surface area contributed by atoms with E-state index in [1.54, 1.807) is 11.8 Å². The lowest BCUT2D eigenvalue weighted by molar-refractivity contribution is -0.393. The Labute approximate surface area is 138 Å². The van der Waals surface area contributed by atoms with Crippen LogP contribution in [0.3, 0.4) is 0 Å². The summed E-state index contributed by atoms with van der Waals surface area (Å²) >= 11 is 0. The van der Waals surface area contributed by atoms with Crippen LogP contribution in [0.5, 0.6) is 0 Å². The predicted octanol–water partition coefficient (Wildman–Crippen LogP) is 2.55. The number of amides is 1. The normalized spacial score (nSPS) is 11.0. The molecule has 0 aromatic heterocycles. The molecule has 10 nitrogen and oxygen atoms in total. The van der Waals surface area contributed by atoms with Gasteiger partial charge in [0.2, 0.25) is 5.91 Å². The number of hydrogen-bond acceptors (Lipinski definition) is 7. The fourth-order valence-electron chi connectivity index (χ4n) is 1.98. The number of hydrogen-bond donors (Lipinski definition) is 1. The lowest BCUT2D eigenvalue weighted by Gasteiger charge is -2.18. The molecule has 24 heavy (non-hydrogen) atoms. The summed E-state index contributed by atoms with van der Waals surface area (Å²) in [5.41, 5.74) is 2.11. The van der Waals surface area contributed by atoms with Crippen molar-refractivity contribution in [3.05, 3.63) is 38.4 Å². The van der Waals surface area contributed by atoms with Crippen molar-refractivity contribution in [1.82, 2.24) is 4.90 Å². The number of nitro groups is 2. The van der Waals surface area contributed by atoms with Crippen molar-refractivity contribution in [3.63, 3.8) is 0 Å². The summed E-state index contributed by atoms with van der Waals surface area (Å²) in [7, 11) is 0. The number of carbonyl (C=O) groups excluding carboxylic acids is 1. The zero-order valence-electron chi connectivity index (χ0n) is 13.7. The third kappa shape index (κ3) is 5.00. The highest BCUT2D eigenvalue weighted by atomic mass is 16.6. The fourth-order valence-corrected chi connectivity index (χ4v) is 1.98. The molecular formula is C14H19N5O5. The minimum Gasteiger partial charge on any atom is -0.343 e. The first kappa shape index (κ1) is 19.0. The predicted molar refractivity (Wildman–Crippen MR) is 89.0 cm³/mol. The van der Waals surface area contributed by atoms with Crippen LogP contribution in [0.2, 0.25) is 0 Å². The number of non-ortho nitro benzene ring substituents is 1. The van der Waals surface area contributed by atoms with Gasteiger partial charge in [-0.15, -0.1) is 0 Å². The van der Waals surface area contributed by atoms with E-state index < -0.39 is 15.5 Å². The number of carbonyl (C=O) groups is 1. The summed E-state index contributed by atoms with van der Waals surface area (Å²) in [5.74, 6) is -0.0961. The zero-order valence-corrected chi connectivity index (χ0v) is 13.7.